The summed E-state index contributed by atoms with van der Waals surface area (Å²) in [6, 6.07) is 11.3. The molecule has 0 bridgehead atoms. The first-order chi connectivity index (χ1) is 15.8. The predicted molar refractivity (Wildman–Crippen MR) is 118 cm³/mol. The number of carbonyl (C=O) groups is 2. The first-order valence-electron chi connectivity index (χ1n) is 10.9. The van der Waals surface area contributed by atoms with E-state index in [0.29, 0.717) is 18.7 Å². The number of ether oxygens (including phenoxy) is 1. The van der Waals surface area contributed by atoms with E-state index in [1.165, 1.54) is 19.2 Å². The Labute approximate surface area is 191 Å². The maximum absolute atomic E-state index is 13.2. The third-order valence-corrected chi connectivity index (χ3v) is 5.77. The molecule has 2 N–H and O–H groups in total. The number of para-hydroxylation sites is 1. The van der Waals surface area contributed by atoms with E-state index >= 15 is 0 Å². The molecule has 2 amide bonds. The molecule has 0 unspecified atom stereocenters. The Morgan fingerprint density at radius 2 is 1.94 bits per heavy atom. The summed E-state index contributed by atoms with van der Waals surface area (Å²) in [7, 11) is 1.53. The molecule has 0 aliphatic carbocycles. The standard InChI is InChI=1S/C24H28F3N3O3/c1-3-4-14-30-21(31)13-12-19(22(30)18-10-5-6-11-20(18)33-2)23(32)29-28-17-9-7-8-16(15-17)24(25,26)27/h5-11,15,19,22,28H,3-4,12-14H2,1-2H3,(H,29,32)/t19-,22-/m0/s1. The van der Waals surface area contributed by atoms with E-state index in [4.69, 9.17) is 4.74 Å². The first-order valence-corrected chi connectivity index (χ1v) is 10.9. The highest BCUT2D eigenvalue weighted by atomic mass is 19.4. The number of carbonyl (C=O) groups excluding carboxylic acids is 2. The van der Waals surface area contributed by atoms with Crippen LogP contribution >= 0.6 is 0 Å². The highest BCUT2D eigenvalue weighted by Crippen LogP contribution is 2.41. The fraction of sp³-hybridized carbons (Fsp3) is 0.417. The molecule has 2 aromatic rings. The van der Waals surface area contributed by atoms with Gasteiger partial charge in [-0.15, -0.1) is 0 Å². The van der Waals surface area contributed by atoms with Crippen LogP contribution in [0.25, 0.3) is 0 Å². The number of nitrogens with zero attached hydrogens (tertiary/aromatic N) is 1. The van der Waals surface area contributed by atoms with Crippen LogP contribution < -0.4 is 15.6 Å². The summed E-state index contributed by atoms with van der Waals surface area (Å²) in [5, 5.41) is 0. The minimum Gasteiger partial charge on any atom is -0.496 e. The van der Waals surface area contributed by atoms with Crippen molar-refractivity contribution in [3.8, 4) is 5.75 Å². The number of methoxy groups -OCH3 is 1. The van der Waals surface area contributed by atoms with E-state index < -0.39 is 29.6 Å². The lowest BCUT2D eigenvalue weighted by Crippen LogP contribution is -2.49. The zero-order valence-corrected chi connectivity index (χ0v) is 18.6. The third-order valence-electron chi connectivity index (χ3n) is 5.77. The molecule has 1 heterocycles. The zero-order chi connectivity index (χ0) is 24.0. The smallest absolute Gasteiger partial charge is 0.416 e. The molecule has 1 aliphatic heterocycles. The van der Waals surface area contributed by atoms with Crippen molar-refractivity contribution in [1.29, 1.82) is 0 Å². The molecule has 2 aromatic carbocycles. The molecule has 6 nitrogen and oxygen atoms in total. The first kappa shape index (κ1) is 24.4. The van der Waals surface area contributed by atoms with Gasteiger partial charge in [0.15, 0.2) is 0 Å². The number of amides is 2. The number of anilines is 1. The van der Waals surface area contributed by atoms with Crippen molar-refractivity contribution >= 4 is 17.5 Å². The molecular formula is C24H28F3N3O3. The molecule has 1 aliphatic rings. The number of alkyl halides is 3. The van der Waals surface area contributed by atoms with Gasteiger partial charge in [0.25, 0.3) is 0 Å². The van der Waals surface area contributed by atoms with E-state index in [1.807, 2.05) is 25.1 Å². The molecule has 0 spiro atoms. The van der Waals surface area contributed by atoms with Gasteiger partial charge in [-0.2, -0.15) is 13.2 Å². The number of hydrazine groups is 1. The van der Waals surface area contributed by atoms with Gasteiger partial charge in [-0.05, 0) is 37.1 Å². The normalized spacial score (nSPS) is 18.7. The second-order valence-corrected chi connectivity index (χ2v) is 7.97. The summed E-state index contributed by atoms with van der Waals surface area (Å²) in [4.78, 5) is 27.7. The number of rotatable bonds is 8. The van der Waals surface area contributed by atoms with Gasteiger partial charge in [-0.25, -0.2) is 0 Å². The SMILES string of the molecule is CCCCN1C(=O)CC[C@H](C(=O)NNc2cccc(C(F)(F)F)c2)[C@@H]1c1ccccc1OC. The van der Waals surface area contributed by atoms with Crippen LogP contribution in [0.5, 0.6) is 5.75 Å². The van der Waals surface area contributed by atoms with Crippen LogP contribution in [0.4, 0.5) is 18.9 Å². The quantitative estimate of drug-likeness (QED) is 0.545. The number of nitrogens with one attached hydrogen (secondary N) is 2. The van der Waals surface area contributed by atoms with Gasteiger partial charge in [0.05, 0.1) is 30.3 Å². The topological polar surface area (TPSA) is 70.7 Å². The molecule has 0 saturated carbocycles. The van der Waals surface area contributed by atoms with Crippen molar-refractivity contribution in [2.24, 2.45) is 5.92 Å². The summed E-state index contributed by atoms with van der Waals surface area (Å²) in [6.07, 6.45) is -2.28. The monoisotopic (exact) mass is 463 g/mol. The van der Waals surface area contributed by atoms with Crippen LogP contribution in [-0.4, -0.2) is 30.4 Å². The average Bonchev–Trinajstić information content (AvgIpc) is 2.81. The number of benzene rings is 2. The fourth-order valence-electron chi connectivity index (χ4n) is 4.11. The summed E-state index contributed by atoms with van der Waals surface area (Å²) in [5.74, 6) is -0.469. The Morgan fingerprint density at radius 3 is 2.64 bits per heavy atom. The zero-order valence-electron chi connectivity index (χ0n) is 18.6. The summed E-state index contributed by atoms with van der Waals surface area (Å²) in [6.45, 7) is 2.53. The van der Waals surface area contributed by atoms with Gasteiger partial charge in [-0.1, -0.05) is 37.6 Å². The molecule has 33 heavy (non-hydrogen) atoms. The highest BCUT2D eigenvalue weighted by molar-refractivity contribution is 5.86. The average molecular weight is 464 g/mol. The molecule has 1 saturated heterocycles. The summed E-state index contributed by atoms with van der Waals surface area (Å²) in [5.41, 5.74) is 5.15. The second kappa shape index (κ2) is 10.6. The van der Waals surface area contributed by atoms with E-state index in [2.05, 4.69) is 10.9 Å². The van der Waals surface area contributed by atoms with Crippen molar-refractivity contribution in [3.05, 3.63) is 59.7 Å². The molecule has 3 rings (SSSR count). The predicted octanol–water partition coefficient (Wildman–Crippen LogP) is 4.94. The van der Waals surface area contributed by atoms with Crippen LogP contribution in [0.2, 0.25) is 0 Å². The van der Waals surface area contributed by atoms with Crippen LogP contribution in [0, 0.1) is 5.92 Å². The van der Waals surface area contributed by atoms with Gasteiger partial charge in [-0.3, -0.25) is 20.4 Å². The molecule has 2 atom stereocenters. The lowest BCUT2D eigenvalue weighted by atomic mass is 9.83. The largest absolute Gasteiger partial charge is 0.496 e. The Bertz CT molecular complexity index is 981. The van der Waals surface area contributed by atoms with E-state index in [0.717, 1.165) is 30.5 Å². The van der Waals surface area contributed by atoms with E-state index in [-0.39, 0.29) is 18.0 Å². The number of halogens is 3. The maximum atomic E-state index is 13.2. The number of likely N-dealkylation sites (tertiary alicyclic amines) is 1. The van der Waals surface area contributed by atoms with Crippen LogP contribution in [0.3, 0.4) is 0 Å². The van der Waals surface area contributed by atoms with Gasteiger partial charge in [0.1, 0.15) is 5.75 Å². The second-order valence-electron chi connectivity index (χ2n) is 7.97. The van der Waals surface area contributed by atoms with Gasteiger partial charge in [0.2, 0.25) is 11.8 Å². The molecule has 178 valence electrons. The number of unbranched alkanes of at least 4 members (excludes halogenated alkanes) is 1. The van der Waals surface area contributed by atoms with Crippen molar-refractivity contribution < 1.29 is 27.5 Å². The summed E-state index contributed by atoms with van der Waals surface area (Å²) >= 11 is 0. The minimum atomic E-state index is -4.49. The fourth-order valence-corrected chi connectivity index (χ4v) is 4.11. The van der Waals surface area contributed by atoms with Gasteiger partial charge >= 0.3 is 6.18 Å². The van der Waals surface area contributed by atoms with E-state index in [1.54, 1.807) is 11.0 Å². The molecule has 0 aromatic heterocycles. The molecule has 1 fully saturated rings. The minimum absolute atomic E-state index is 0.0331. The maximum Gasteiger partial charge on any atom is 0.416 e. The van der Waals surface area contributed by atoms with E-state index in [9.17, 15) is 22.8 Å². The Hall–Kier alpha value is -3.23. The highest BCUT2D eigenvalue weighted by Gasteiger charge is 2.41. The van der Waals surface area contributed by atoms with Crippen molar-refractivity contribution in [2.45, 2.75) is 44.8 Å². The van der Waals surface area contributed by atoms with Crippen LogP contribution in [-0.2, 0) is 15.8 Å². The Morgan fingerprint density at radius 1 is 1.18 bits per heavy atom. The molecular weight excluding hydrogens is 435 g/mol. The van der Waals surface area contributed by atoms with Crippen LogP contribution in [0.1, 0.15) is 49.8 Å². The third kappa shape index (κ3) is 5.77. The molecule has 9 heteroatoms. The summed E-state index contributed by atoms with van der Waals surface area (Å²) < 4.78 is 44.5. The van der Waals surface area contributed by atoms with Crippen molar-refractivity contribution in [2.75, 3.05) is 19.1 Å². The molecule has 0 radical (unpaired) electrons. The number of piperidine rings is 1. The Balaban J connectivity index is 1.85. The van der Waals surface area contributed by atoms with Crippen molar-refractivity contribution in [3.63, 3.8) is 0 Å². The lowest BCUT2D eigenvalue weighted by molar-refractivity contribution is -0.143. The van der Waals surface area contributed by atoms with Gasteiger partial charge < -0.3 is 9.64 Å². The van der Waals surface area contributed by atoms with Crippen LogP contribution in [0.15, 0.2) is 48.5 Å². The Kier molecular flexibility index (Phi) is 7.84. The lowest BCUT2D eigenvalue weighted by Gasteiger charge is -2.41. The number of hydrogen-bond acceptors (Lipinski definition) is 4. The number of hydrogen-bond donors (Lipinski definition) is 2. The van der Waals surface area contributed by atoms with Crippen molar-refractivity contribution in [1.82, 2.24) is 10.3 Å². The van der Waals surface area contributed by atoms with Gasteiger partial charge in [0, 0.05) is 18.5 Å².